The summed E-state index contributed by atoms with van der Waals surface area (Å²) in [5, 5.41) is 11.4. The number of methoxy groups -OCH3 is 2. The van der Waals surface area contributed by atoms with Crippen molar-refractivity contribution >= 4 is 28.4 Å². The van der Waals surface area contributed by atoms with Crippen molar-refractivity contribution in [3.63, 3.8) is 0 Å². The number of thiocarbonyl (C=S) groups is 1. The van der Waals surface area contributed by atoms with Gasteiger partial charge in [0, 0.05) is 43.1 Å². The molecule has 1 aliphatic carbocycles. The Morgan fingerprint density at radius 2 is 2.03 bits per heavy atom. The van der Waals surface area contributed by atoms with Crippen molar-refractivity contribution in [3.8, 4) is 5.88 Å². The van der Waals surface area contributed by atoms with Gasteiger partial charge >= 0.3 is 0 Å². The summed E-state index contributed by atoms with van der Waals surface area (Å²) in [6.07, 6.45) is 7.59. The molecule has 0 saturated heterocycles. The zero-order valence-corrected chi connectivity index (χ0v) is 21.5. The van der Waals surface area contributed by atoms with E-state index in [4.69, 9.17) is 31.2 Å². The molecule has 0 unspecified atom stereocenters. The van der Waals surface area contributed by atoms with Crippen LogP contribution in [0.1, 0.15) is 23.5 Å². The molecule has 0 aliphatic heterocycles. The van der Waals surface area contributed by atoms with E-state index in [1.54, 1.807) is 37.5 Å². The molecule has 5 rings (SSSR count). The number of benzene rings is 1. The first-order chi connectivity index (χ1) is 18.1. The topological polar surface area (TPSA) is 106 Å². The number of nitrogens with zero attached hydrogens (tertiary/aromatic N) is 5. The number of rotatable bonds is 9. The molecule has 0 radical (unpaired) electrons. The van der Waals surface area contributed by atoms with Crippen LogP contribution in [0.15, 0.2) is 61.6 Å². The van der Waals surface area contributed by atoms with E-state index in [0.717, 1.165) is 11.1 Å². The van der Waals surface area contributed by atoms with Crippen LogP contribution in [0, 0.1) is 5.92 Å². The Bertz CT molecular complexity index is 1330. The van der Waals surface area contributed by atoms with Crippen molar-refractivity contribution in [2.75, 3.05) is 20.8 Å². The fourth-order valence-corrected chi connectivity index (χ4v) is 5.19. The van der Waals surface area contributed by atoms with Crippen LogP contribution < -0.4 is 4.74 Å². The predicted octanol–water partition coefficient (Wildman–Crippen LogP) is 3.14. The van der Waals surface area contributed by atoms with E-state index in [-0.39, 0.29) is 23.7 Å². The largest absolute Gasteiger partial charge is 0.479 e. The average Bonchev–Trinajstić information content (AvgIpc) is 3.65. The summed E-state index contributed by atoms with van der Waals surface area (Å²) < 4.78 is 26.7. The van der Waals surface area contributed by atoms with Gasteiger partial charge in [0.25, 0.3) is 5.17 Å². The van der Waals surface area contributed by atoms with Gasteiger partial charge in [-0.1, -0.05) is 30.3 Å². The molecule has 0 bridgehead atoms. The Balaban J connectivity index is 1.48. The second-order valence-corrected chi connectivity index (χ2v) is 9.31. The Hall–Kier alpha value is -3.38. The van der Waals surface area contributed by atoms with Crippen LogP contribution in [-0.4, -0.2) is 67.4 Å². The molecule has 1 N–H and O–H groups in total. The molecule has 0 amide bonds. The summed E-state index contributed by atoms with van der Waals surface area (Å²) >= 11 is 5.50. The van der Waals surface area contributed by atoms with Crippen LogP contribution in [0.2, 0.25) is 0 Å². The summed E-state index contributed by atoms with van der Waals surface area (Å²) in [6.45, 7) is 1.12. The lowest BCUT2D eigenvalue weighted by atomic mass is 9.96. The average molecular weight is 524 g/mol. The molecule has 10 nitrogen and oxygen atoms in total. The van der Waals surface area contributed by atoms with Gasteiger partial charge in [0.15, 0.2) is 0 Å². The van der Waals surface area contributed by atoms with Gasteiger partial charge in [-0.15, -0.1) is 0 Å². The lowest BCUT2D eigenvalue weighted by Crippen LogP contribution is -2.35. The van der Waals surface area contributed by atoms with Gasteiger partial charge in [-0.2, -0.15) is 4.98 Å². The molecule has 4 atom stereocenters. The van der Waals surface area contributed by atoms with Crippen LogP contribution >= 0.6 is 12.2 Å². The van der Waals surface area contributed by atoms with Gasteiger partial charge in [0.1, 0.15) is 31.0 Å². The number of imidazole rings is 1. The SMILES string of the molecule is COC[C@H]1C[C@@H](c2cn(COCc3ccccc3)c3c(OC)ncnc23)[C@H](OC(=S)n2ccnc2)[C@@H]1O. The second-order valence-electron chi connectivity index (χ2n) is 8.96. The fourth-order valence-electron chi connectivity index (χ4n) is 4.97. The second kappa shape index (κ2) is 11.3. The first-order valence-electron chi connectivity index (χ1n) is 12.0. The number of hydrogen-bond donors (Lipinski definition) is 1. The van der Waals surface area contributed by atoms with Crippen LogP contribution in [0.4, 0.5) is 0 Å². The summed E-state index contributed by atoms with van der Waals surface area (Å²) in [5.41, 5.74) is 3.40. The normalized spacial score (nSPS) is 21.4. The van der Waals surface area contributed by atoms with Crippen LogP contribution in [-0.2, 0) is 27.5 Å². The molecule has 1 aliphatic rings. The Morgan fingerprint density at radius 1 is 1.19 bits per heavy atom. The number of aromatic nitrogens is 5. The van der Waals surface area contributed by atoms with Crippen LogP contribution in [0.25, 0.3) is 11.0 Å². The van der Waals surface area contributed by atoms with Crippen molar-refractivity contribution in [1.82, 2.24) is 24.1 Å². The maximum absolute atomic E-state index is 11.2. The number of fused-ring (bicyclic) bond motifs is 1. The Labute approximate surface area is 219 Å². The molecule has 1 saturated carbocycles. The lowest BCUT2D eigenvalue weighted by Gasteiger charge is -2.24. The molecule has 3 aromatic heterocycles. The van der Waals surface area contributed by atoms with Gasteiger partial charge < -0.3 is 28.6 Å². The standard InChI is InChI=1S/C26H29N5O5S/c1-33-13-18-10-19(24(23(18)32)36-26(37)30-9-8-27-15-30)20-11-31(16-35-12-17-6-4-3-5-7-17)22-21(20)28-14-29-25(22)34-2/h3-9,11,14-15,18-19,23-24,32H,10,12-13,16H2,1-2H3/t18-,19+,23-,24+/m1/s1. The van der Waals surface area contributed by atoms with Gasteiger partial charge in [0.2, 0.25) is 5.88 Å². The van der Waals surface area contributed by atoms with E-state index in [1.165, 1.54) is 6.33 Å². The van der Waals surface area contributed by atoms with E-state index in [0.29, 0.717) is 36.5 Å². The first kappa shape index (κ1) is 25.3. The van der Waals surface area contributed by atoms with E-state index >= 15 is 0 Å². The van der Waals surface area contributed by atoms with Crippen molar-refractivity contribution in [2.45, 2.75) is 37.9 Å². The van der Waals surface area contributed by atoms with Crippen molar-refractivity contribution < 1.29 is 24.1 Å². The van der Waals surface area contributed by atoms with E-state index in [1.807, 2.05) is 41.1 Å². The molecule has 0 spiro atoms. The first-order valence-corrected chi connectivity index (χ1v) is 12.4. The third-order valence-corrected chi connectivity index (χ3v) is 6.99. The summed E-state index contributed by atoms with van der Waals surface area (Å²) in [5.74, 6) is 0.0918. The van der Waals surface area contributed by atoms with Crippen LogP contribution in [0.5, 0.6) is 5.88 Å². The highest BCUT2D eigenvalue weighted by Crippen LogP contribution is 2.44. The lowest BCUT2D eigenvalue weighted by molar-refractivity contribution is 0.00241. The predicted molar refractivity (Wildman–Crippen MR) is 139 cm³/mol. The monoisotopic (exact) mass is 523 g/mol. The molecule has 11 heteroatoms. The highest BCUT2D eigenvalue weighted by atomic mass is 32.1. The summed E-state index contributed by atoms with van der Waals surface area (Å²) in [7, 11) is 3.20. The van der Waals surface area contributed by atoms with Crippen LogP contribution in [0.3, 0.4) is 0 Å². The molecule has 3 heterocycles. The molecule has 4 aromatic rings. The summed E-state index contributed by atoms with van der Waals surface area (Å²) in [6, 6.07) is 9.97. The maximum Gasteiger partial charge on any atom is 0.269 e. The van der Waals surface area contributed by atoms with E-state index in [9.17, 15) is 5.11 Å². The highest BCUT2D eigenvalue weighted by Gasteiger charge is 2.46. The van der Waals surface area contributed by atoms with Gasteiger partial charge in [-0.05, 0) is 24.2 Å². The molecular weight excluding hydrogens is 494 g/mol. The number of hydrogen-bond acceptors (Lipinski definition) is 9. The van der Waals surface area contributed by atoms with Crippen molar-refractivity contribution in [2.24, 2.45) is 5.92 Å². The number of aliphatic hydroxyl groups is 1. The minimum Gasteiger partial charge on any atom is -0.479 e. The third kappa shape index (κ3) is 5.21. The number of ether oxygens (including phenoxy) is 4. The van der Waals surface area contributed by atoms with Crippen molar-refractivity contribution in [1.29, 1.82) is 0 Å². The number of aliphatic hydroxyl groups excluding tert-OH is 1. The van der Waals surface area contributed by atoms with E-state index < -0.39 is 12.2 Å². The maximum atomic E-state index is 11.2. The third-order valence-electron chi connectivity index (χ3n) is 6.68. The molecule has 37 heavy (non-hydrogen) atoms. The summed E-state index contributed by atoms with van der Waals surface area (Å²) in [4.78, 5) is 12.9. The molecule has 1 aromatic carbocycles. The Kier molecular flexibility index (Phi) is 7.75. The fraction of sp³-hybridized carbons (Fsp3) is 0.385. The van der Waals surface area contributed by atoms with Gasteiger partial charge in [-0.3, -0.25) is 4.57 Å². The van der Waals surface area contributed by atoms with Gasteiger partial charge in [0.05, 0.1) is 31.9 Å². The zero-order chi connectivity index (χ0) is 25.8. The highest BCUT2D eigenvalue weighted by molar-refractivity contribution is 7.80. The van der Waals surface area contributed by atoms with E-state index in [2.05, 4.69) is 15.0 Å². The zero-order valence-electron chi connectivity index (χ0n) is 20.6. The minimum absolute atomic E-state index is 0.137. The molecule has 194 valence electrons. The molecule has 1 fully saturated rings. The molecular formula is C26H29N5O5S. The Morgan fingerprint density at radius 3 is 2.76 bits per heavy atom. The smallest absolute Gasteiger partial charge is 0.269 e. The minimum atomic E-state index is -0.789. The van der Waals surface area contributed by atoms with Crippen molar-refractivity contribution in [3.05, 3.63) is 72.7 Å². The van der Waals surface area contributed by atoms with Gasteiger partial charge in [-0.25, -0.2) is 9.97 Å². The quantitative estimate of drug-likeness (QED) is 0.331.